The Morgan fingerprint density at radius 1 is 1.46 bits per heavy atom. The van der Waals surface area contributed by atoms with Crippen LogP contribution in [0.2, 0.25) is 0 Å². The predicted octanol–water partition coefficient (Wildman–Crippen LogP) is 1.30. The van der Waals surface area contributed by atoms with Gasteiger partial charge in [-0.1, -0.05) is 0 Å². The fourth-order valence-corrected chi connectivity index (χ4v) is 3.00. The van der Waals surface area contributed by atoms with Crippen molar-refractivity contribution in [3.8, 4) is 0 Å². The Morgan fingerprint density at radius 2 is 2.29 bits per heavy atom. The van der Waals surface area contributed by atoms with Gasteiger partial charge in [0.1, 0.15) is 0 Å². The molecule has 1 aliphatic heterocycles. The number of carbonyl (C=O) groups excluding carboxylic acids is 2. The number of nitrogens with one attached hydrogen (secondary N) is 2. The van der Waals surface area contributed by atoms with E-state index >= 15 is 0 Å². The summed E-state index contributed by atoms with van der Waals surface area (Å²) in [6.07, 6.45) is 2.95. The lowest BCUT2D eigenvalue weighted by atomic mass is 10.1. The first-order valence-corrected chi connectivity index (χ1v) is 8.19. The summed E-state index contributed by atoms with van der Waals surface area (Å²) in [5, 5.41) is 10.8. The highest BCUT2D eigenvalue weighted by molar-refractivity contribution is 5.98. The first-order chi connectivity index (χ1) is 11.5. The highest BCUT2D eigenvalue weighted by Crippen LogP contribution is 2.22. The molecule has 0 saturated carbocycles. The van der Waals surface area contributed by atoms with E-state index in [4.69, 9.17) is 0 Å². The van der Waals surface area contributed by atoms with Crippen LogP contribution in [0.1, 0.15) is 12.8 Å². The molecule has 0 radical (unpaired) electrons. The minimum atomic E-state index is -0.283. The number of hydrogen-bond donors (Lipinski definition) is 2. The first kappa shape index (κ1) is 16.4. The van der Waals surface area contributed by atoms with Crippen molar-refractivity contribution in [3.05, 3.63) is 24.4 Å². The maximum Gasteiger partial charge on any atom is 0.229 e. The van der Waals surface area contributed by atoms with Crippen molar-refractivity contribution < 1.29 is 9.59 Å². The first-order valence-electron chi connectivity index (χ1n) is 8.19. The zero-order chi connectivity index (χ0) is 17.1. The summed E-state index contributed by atoms with van der Waals surface area (Å²) >= 11 is 0. The van der Waals surface area contributed by atoms with Gasteiger partial charge in [-0.15, -0.1) is 0 Å². The third-order valence-electron chi connectivity index (χ3n) is 4.33. The van der Waals surface area contributed by atoms with Gasteiger partial charge in [0, 0.05) is 30.6 Å². The average molecular weight is 329 g/mol. The van der Waals surface area contributed by atoms with Gasteiger partial charge in [-0.05, 0) is 45.3 Å². The second-order valence-corrected chi connectivity index (χ2v) is 6.56. The minimum Gasteiger partial charge on any atom is -0.342 e. The molecule has 1 atom stereocenters. The van der Waals surface area contributed by atoms with Gasteiger partial charge in [0.15, 0.2) is 0 Å². The molecule has 2 aromatic rings. The van der Waals surface area contributed by atoms with Gasteiger partial charge in [0.25, 0.3) is 0 Å². The van der Waals surface area contributed by atoms with Crippen LogP contribution in [0, 0.1) is 5.92 Å². The van der Waals surface area contributed by atoms with Crippen molar-refractivity contribution in [2.75, 3.05) is 39.0 Å². The van der Waals surface area contributed by atoms with E-state index in [-0.39, 0.29) is 17.7 Å². The second kappa shape index (κ2) is 7.00. The van der Waals surface area contributed by atoms with E-state index in [9.17, 15) is 9.59 Å². The van der Waals surface area contributed by atoms with Crippen LogP contribution in [-0.4, -0.2) is 65.5 Å². The quantitative estimate of drug-likeness (QED) is 0.837. The lowest BCUT2D eigenvalue weighted by molar-refractivity contribution is -0.128. The van der Waals surface area contributed by atoms with Crippen molar-refractivity contribution >= 4 is 28.4 Å². The summed E-state index contributed by atoms with van der Waals surface area (Å²) in [6, 6.07) is 5.61. The number of nitrogens with zero attached hydrogens (tertiary/aromatic N) is 3. The molecule has 1 fully saturated rings. The number of rotatable bonds is 6. The monoisotopic (exact) mass is 329 g/mol. The van der Waals surface area contributed by atoms with E-state index in [0.717, 1.165) is 29.6 Å². The van der Waals surface area contributed by atoms with Crippen molar-refractivity contribution in [2.45, 2.75) is 12.8 Å². The molecule has 1 aromatic heterocycles. The third-order valence-corrected chi connectivity index (χ3v) is 4.33. The molecule has 3 rings (SSSR count). The van der Waals surface area contributed by atoms with E-state index in [1.54, 1.807) is 11.1 Å². The van der Waals surface area contributed by atoms with E-state index < -0.39 is 0 Å². The van der Waals surface area contributed by atoms with Crippen molar-refractivity contribution in [1.82, 2.24) is 20.0 Å². The summed E-state index contributed by atoms with van der Waals surface area (Å²) in [4.78, 5) is 28.4. The summed E-state index contributed by atoms with van der Waals surface area (Å²) < 4.78 is 0. The molecule has 1 aliphatic rings. The molecule has 2 N–H and O–H groups in total. The molecule has 1 unspecified atom stereocenters. The molecule has 0 spiro atoms. The highest BCUT2D eigenvalue weighted by atomic mass is 16.2. The minimum absolute atomic E-state index is 0.0675. The number of benzene rings is 1. The Morgan fingerprint density at radius 3 is 3.08 bits per heavy atom. The van der Waals surface area contributed by atoms with Crippen LogP contribution in [-0.2, 0) is 9.59 Å². The SMILES string of the molecule is CN(C)CCCN1CC(C(=O)Nc2ccc3cn[nH]c3c2)CC1=O. The van der Waals surface area contributed by atoms with E-state index in [1.807, 2.05) is 32.3 Å². The zero-order valence-corrected chi connectivity index (χ0v) is 14.1. The van der Waals surface area contributed by atoms with Gasteiger partial charge in [-0.25, -0.2) is 0 Å². The molecule has 7 heteroatoms. The largest absolute Gasteiger partial charge is 0.342 e. The predicted molar refractivity (Wildman–Crippen MR) is 92.6 cm³/mol. The summed E-state index contributed by atoms with van der Waals surface area (Å²) in [6.45, 7) is 2.15. The van der Waals surface area contributed by atoms with E-state index in [2.05, 4.69) is 20.4 Å². The number of aromatic amines is 1. The highest BCUT2D eigenvalue weighted by Gasteiger charge is 2.33. The van der Waals surface area contributed by atoms with Gasteiger partial charge in [-0.3, -0.25) is 14.7 Å². The van der Waals surface area contributed by atoms with Crippen molar-refractivity contribution in [2.24, 2.45) is 5.92 Å². The molecule has 7 nitrogen and oxygen atoms in total. The van der Waals surface area contributed by atoms with Crippen LogP contribution >= 0.6 is 0 Å². The van der Waals surface area contributed by atoms with E-state index in [0.29, 0.717) is 19.5 Å². The molecule has 2 heterocycles. The van der Waals surface area contributed by atoms with E-state index in [1.165, 1.54) is 0 Å². The Bertz CT molecular complexity index is 739. The van der Waals surface area contributed by atoms with Crippen LogP contribution < -0.4 is 5.32 Å². The Labute approximate surface area is 141 Å². The maximum atomic E-state index is 12.4. The van der Waals surface area contributed by atoms with Crippen LogP contribution in [0.4, 0.5) is 5.69 Å². The van der Waals surface area contributed by atoms with Gasteiger partial charge in [0.2, 0.25) is 11.8 Å². The molecule has 0 aliphatic carbocycles. The second-order valence-electron chi connectivity index (χ2n) is 6.56. The van der Waals surface area contributed by atoms with Gasteiger partial charge in [0.05, 0.1) is 17.6 Å². The van der Waals surface area contributed by atoms with Crippen LogP contribution in [0.25, 0.3) is 10.9 Å². The van der Waals surface area contributed by atoms with Crippen molar-refractivity contribution in [1.29, 1.82) is 0 Å². The Balaban J connectivity index is 1.56. The molecule has 1 saturated heterocycles. The molecule has 128 valence electrons. The molecule has 0 bridgehead atoms. The normalized spacial score (nSPS) is 17.9. The lowest BCUT2D eigenvalue weighted by Crippen LogP contribution is -2.30. The number of hydrogen-bond acceptors (Lipinski definition) is 4. The summed E-state index contributed by atoms with van der Waals surface area (Å²) in [7, 11) is 4.02. The molecule has 24 heavy (non-hydrogen) atoms. The van der Waals surface area contributed by atoms with Crippen LogP contribution in [0.15, 0.2) is 24.4 Å². The van der Waals surface area contributed by atoms with Crippen molar-refractivity contribution in [3.63, 3.8) is 0 Å². The number of anilines is 1. The number of fused-ring (bicyclic) bond motifs is 1. The topological polar surface area (TPSA) is 81.3 Å². The standard InChI is InChI=1S/C17H23N5O2/c1-21(2)6-3-7-22-11-13(8-16(22)23)17(24)19-14-5-4-12-10-18-20-15(12)9-14/h4-5,9-10,13H,3,6-8,11H2,1-2H3,(H,18,20)(H,19,24). The summed E-state index contributed by atoms with van der Waals surface area (Å²) in [5.41, 5.74) is 1.59. The Kier molecular flexibility index (Phi) is 4.80. The van der Waals surface area contributed by atoms with Crippen LogP contribution in [0.3, 0.4) is 0 Å². The van der Waals surface area contributed by atoms with Crippen LogP contribution in [0.5, 0.6) is 0 Å². The molecule has 2 amide bonds. The number of carbonyl (C=O) groups is 2. The van der Waals surface area contributed by atoms with Gasteiger partial charge >= 0.3 is 0 Å². The fourth-order valence-electron chi connectivity index (χ4n) is 3.00. The zero-order valence-electron chi connectivity index (χ0n) is 14.1. The maximum absolute atomic E-state index is 12.4. The summed E-state index contributed by atoms with van der Waals surface area (Å²) in [5.74, 6) is -0.315. The number of aromatic nitrogens is 2. The molecular weight excluding hydrogens is 306 g/mol. The fraction of sp³-hybridized carbons (Fsp3) is 0.471. The lowest BCUT2D eigenvalue weighted by Gasteiger charge is -2.18. The smallest absolute Gasteiger partial charge is 0.229 e. The average Bonchev–Trinajstić information content (AvgIpc) is 3.13. The molecular formula is C17H23N5O2. The Hall–Kier alpha value is -2.41. The third kappa shape index (κ3) is 3.73. The van der Waals surface area contributed by atoms with Gasteiger partial charge < -0.3 is 15.1 Å². The number of amides is 2. The number of likely N-dealkylation sites (tertiary alicyclic amines) is 1. The van der Waals surface area contributed by atoms with Gasteiger partial charge in [-0.2, -0.15) is 5.10 Å². The number of H-pyrrole nitrogens is 1. The molecule has 1 aromatic carbocycles.